The lowest BCUT2D eigenvalue weighted by atomic mass is 10.1. The molecule has 0 unspecified atom stereocenters. The summed E-state index contributed by atoms with van der Waals surface area (Å²) in [5.74, 6) is -0.951. The summed E-state index contributed by atoms with van der Waals surface area (Å²) >= 11 is 0. The van der Waals surface area contributed by atoms with Crippen molar-refractivity contribution >= 4 is 22.6 Å². The van der Waals surface area contributed by atoms with Gasteiger partial charge in [-0.3, -0.25) is 0 Å². The minimum Gasteiger partial charge on any atom is -0.477 e. The number of aromatic carboxylic acids is 1. The van der Waals surface area contributed by atoms with Crippen LogP contribution in [0.1, 0.15) is 10.4 Å². The van der Waals surface area contributed by atoms with E-state index in [1.165, 1.54) is 10.9 Å². The van der Waals surface area contributed by atoms with Crippen LogP contribution in [0.3, 0.4) is 0 Å². The van der Waals surface area contributed by atoms with Crippen LogP contribution in [-0.4, -0.2) is 20.9 Å². The molecule has 0 bridgehead atoms. The van der Waals surface area contributed by atoms with Crippen LogP contribution in [0.15, 0.2) is 48.7 Å². The molecule has 0 spiro atoms. The Labute approximate surface area is 108 Å². The number of fused-ring (bicyclic) bond motifs is 1. The molecule has 0 saturated heterocycles. The van der Waals surface area contributed by atoms with Crippen LogP contribution >= 0.6 is 0 Å². The van der Waals surface area contributed by atoms with E-state index in [0.29, 0.717) is 0 Å². The second kappa shape index (κ2) is 4.13. The fourth-order valence-corrected chi connectivity index (χ4v) is 2.11. The fourth-order valence-electron chi connectivity index (χ4n) is 2.11. The highest BCUT2D eigenvalue weighted by Gasteiger charge is 2.15. The van der Waals surface area contributed by atoms with Gasteiger partial charge in [-0.25, -0.2) is 9.48 Å². The minimum absolute atomic E-state index is 0.00735. The van der Waals surface area contributed by atoms with Crippen molar-refractivity contribution in [2.45, 2.75) is 0 Å². The zero-order valence-electron chi connectivity index (χ0n) is 9.95. The molecule has 3 aromatic rings. The number of benzene rings is 2. The van der Waals surface area contributed by atoms with Crippen molar-refractivity contribution in [1.29, 1.82) is 0 Å². The number of nitrogen functional groups attached to an aromatic ring is 1. The van der Waals surface area contributed by atoms with E-state index in [4.69, 9.17) is 10.8 Å². The van der Waals surface area contributed by atoms with E-state index in [0.717, 1.165) is 16.5 Å². The monoisotopic (exact) mass is 253 g/mol. The molecule has 0 saturated carbocycles. The van der Waals surface area contributed by atoms with Crippen molar-refractivity contribution in [2.75, 3.05) is 5.73 Å². The molecule has 0 aliphatic carbocycles. The Bertz CT molecular complexity index is 772. The summed E-state index contributed by atoms with van der Waals surface area (Å²) in [7, 11) is 0. The van der Waals surface area contributed by atoms with Crippen molar-refractivity contribution < 1.29 is 9.90 Å². The maximum atomic E-state index is 11.0. The lowest BCUT2D eigenvalue weighted by molar-refractivity contribution is 0.0698. The number of carboxylic acid groups (broad SMARTS) is 1. The summed E-state index contributed by atoms with van der Waals surface area (Å²) < 4.78 is 1.45. The van der Waals surface area contributed by atoms with Crippen LogP contribution in [-0.2, 0) is 0 Å². The Morgan fingerprint density at radius 3 is 2.63 bits per heavy atom. The van der Waals surface area contributed by atoms with Gasteiger partial charge in [0.25, 0.3) is 0 Å². The molecule has 0 aliphatic heterocycles. The van der Waals surface area contributed by atoms with Crippen LogP contribution in [0, 0.1) is 0 Å². The van der Waals surface area contributed by atoms with Gasteiger partial charge < -0.3 is 10.8 Å². The third-order valence-electron chi connectivity index (χ3n) is 3.03. The van der Waals surface area contributed by atoms with Crippen molar-refractivity contribution in [3.05, 3.63) is 54.2 Å². The Morgan fingerprint density at radius 1 is 1.16 bits per heavy atom. The van der Waals surface area contributed by atoms with Crippen LogP contribution in [0.2, 0.25) is 0 Å². The molecule has 19 heavy (non-hydrogen) atoms. The first-order chi connectivity index (χ1) is 9.18. The zero-order valence-corrected chi connectivity index (χ0v) is 9.95. The number of nitrogens with zero attached hydrogens (tertiary/aromatic N) is 2. The largest absolute Gasteiger partial charge is 0.477 e. The van der Waals surface area contributed by atoms with E-state index >= 15 is 0 Å². The van der Waals surface area contributed by atoms with Crippen molar-refractivity contribution in [3.63, 3.8) is 0 Å². The average molecular weight is 253 g/mol. The molecule has 5 nitrogen and oxygen atoms in total. The van der Waals surface area contributed by atoms with Gasteiger partial charge in [0.15, 0.2) is 0 Å². The first-order valence-corrected chi connectivity index (χ1v) is 5.73. The molecular formula is C14H11N3O2. The Balaban J connectivity index is 2.28. The predicted octanol–water partition coefficient (Wildman–Crippen LogP) is 2.31. The number of carbonyl (C=O) groups is 1. The van der Waals surface area contributed by atoms with Gasteiger partial charge in [0, 0.05) is 5.39 Å². The average Bonchev–Trinajstić information content (AvgIpc) is 2.80. The molecule has 94 valence electrons. The van der Waals surface area contributed by atoms with Gasteiger partial charge in [-0.2, -0.15) is 5.10 Å². The minimum atomic E-state index is -1.08. The number of hydrogen-bond acceptors (Lipinski definition) is 3. The van der Waals surface area contributed by atoms with E-state index in [1.807, 2.05) is 42.5 Å². The van der Waals surface area contributed by atoms with E-state index in [1.54, 1.807) is 0 Å². The van der Waals surface area contributed by atoms with Gasteiger partial charge in [-0.1, -0.05) is 36.4 Å². The van der Waals surface area contributed by atoms with E-state index in [2.05, 4.69) is 5.10 Å². The van der Waals surface area contributed by atoms with Gasteiger partial charge in [0.1, 0.15) is 11.4 Å². The third kappa shape index (κ3) is 1.72. The highest BCUT2D eigenvalue weighted by molar-refractivity contribution is 5.94. The SMILES string of the molecule is Nc1c(C(=O)O)cnn1-c1cccc2ccccc12. The van der Waals surface area contributed by atoms with Crippen molar-refractivity contribution in [3.8, 4) is 5.69 Å². The third-order valence-corrected chi connectivity index (χ3v) is 3.03. The molecule has 5 heteroatoms. The summed E-state index contributed by atoms with van der Waals surface area (Å²) in [6.07, 6.45) is 1.26. The summed E-state index contributed by atoms with van der Waals surface area (Å²) in [6.45, 7) is 0. The van der Waals surface area contributed by atoms with Crippen molar-refractivity contribution in [2.24, 2.45) is 0 Å². The molecule has 0 atom stereocenters. The summed E-state index contributed by atoms with van der Waals surface area (Å²) in [5, 5.41) is 15.1. The normalized spacial score (nSPS) is 10.7. The Hall–Kier alpha value is -2.82. The van der Waals surface area contributed by atoms with Gasteiger partial charge in [-0.05, 0) is 11.5 Å². The van der Waals surface area contributed by atoms with E-state index in [9.17, 15) is 4.79 Å². The van der Waals surface area contributed by atoms with E-state index < -0.39 is 5.97 Å². The molecule has 0 aliphatic rings. The molecule has 3 rings (SSSR count). The van der Waals surface area contributed by atoms with Crippen LogP contribution in [0.5, 0.6) is 0 Å². The van der Waals surface area contributed by atoms with Crippen molar-refractivity contribution in [1.82, 2.24) is 9.78 Å². The number of carboxylic acids is 1. The maximum absolute atomic E-state index is 11.0. The molecule has 3 N–H and O–H groups in total. The standard InChI is InChI=1S/C14H11N3O2/c15-13-11(14(18)19)8-16-17(13)12-7-3-5-9-4-1-2-6-10(9)12/h1-8H,15H2,(H,18,19). The molecule has 2 aromatic carbocycles. The predicted molar refractivity (Wildman–Crippen MR) is 72.4 cm³/mol. The molecule has 0 fully saturated rings. The molecular weight excluding hydrogens is 242 g/mol. The molecule has 1 aromatic heterocycles. The number of hydrogen-bond donors (Lipinski definition) is 2. The second-order valence-corrected chi connectivity index (χ2v) is 4.16. The van der Waals surface area contributed by atoms with Crippen LogP contribution in [0.25, 0.3) is 16.5 Å². The van der Waals surface area contributed by atoms with E-state index in [-0.39, 0.29) is 11.4 Å². The smallest absolute Gasteiger partial charge is 0.341 e. The topological polar surface area (TPSA) is 81.1 Å². The quantitative estimate of drug-likeness (QED) is 0.734. The molecule has 0 radical (unpaired) electrons. The Morgan fingerprint density at radius 2 is 1.89 bits per heavy atom. The van der Waals surface area contributed by atoms with Gasteiger partial charge in [0.05, 0.1) is 11.9 Å². The first-order valence-electron chi connectivity index (χ1n) is 5.73. The highest BCUT2D eigenvalue weighted by Crippen LogP contribution is 2.25. The van der Waals surface area contributed by atoms with Crippen LogP contribution < -0.4 is 5.73 Å². The molecule has 1 heterocycles. The fraction of sp³-hybridized carbons (Fsp3) is 0. The lowest BCUT2D eigenvalue weighted by Crippen LogP contribution is -2.06. The number of aromatic nitrogens is 2. The maximum Gasteiger partial charge on any atom is 0.341 e. The summed E-state index contributed by atoms with van der Waals surface area (Å²) in [5.41, 5.74) is 6.62. The summed E-state index contributed by atoms with van der Waals surface area (Å²) in [4.78, 5) is 11.0. The number of nitrogens with two attached hydrogens (primary N) is 1. The number of rotatable bonds is 2. The Kier molecular flexibility index (Phi) is 2.45. The zero-order chi connectivity index (χ0) is 13.4. The molecule has 0 amide bonds. The highest BCUT2D eigenvalue weighted by atomic mass is 16.4. The van der Waals surface area contributed by atoms with Gasteiger partial charge in [-0.15, -0.1) is 0 Å². The van der Waals surface area contributed by atoms with Crippen LogP contribution in [0.4, 0.5) is 5.82 Å². The first kappa shape index (κ1) is 11.3. The second-order valence-electron chi connectivity index (χ2n) is 4.16. The number of anilines is 1. The van der Waals surface area contributed by atoms with Gasteiger partial charge >= 0.3 is 5.97 Å². The summed E-state index contributed by atoms with van der Waals surface area (Å²) in [6, 6.07) is 13.5. The lowest BCUT2D eigenvalue weighted by Gasteiger charge is -2.08. The van der Waals surface area contributed by atoms with Gasteiger partial charge in [0.2, 0.25) is 0 Å².